The lowest BCUT2D eigenvalue weighted by atomic mass is 9.98. The van der Waals surface area contributed by atoms with Crippen LogP contribution in [-0.4, -0.2) is 28.9 Å². The molecule has 0 saturated carbocycles. The van der Waals surface area contributed by atoms with E-state index in [1.165, 1.54) is 0 Å². The molecule has 29 heavy (non-hydrogen) atoms. The molecule has 8 heteroatoms. The first-order chi connectivity index (χ1) is 13.8. The predicted molar refractivity (Wildman–Crippen MR) is 115 cm³/mol. The molecule has 0 aliphatic rings. The Morgan fingerprint density at radius 2 is 1.90 bits per heavy atom. The fraction of sp³-hybridized carbons (Fsp3) is 0.381. The molecule has 0 aliphatic heterocycles. The van der Waals surface area contributed by atoms with E-state index in [1.807, 2.05) is 32.0 Å². The van der Waals surface area contributed by atoms with E-state index >= 15 is 0 Å². The van der Waals surface area contributed by atoms with Crippen LogP contribution in [0, 0.1) is 5.92 Å². The smallest absolute Gasteiger partial charge is 0.243 e. The molecule has 1 aromatic heterocycles. The number of aromatic nitrogens is 1. The van der Waals surface area contributed by atoms with Gasteiger partial charge >= 0.3 is 0 Å². The molecule has 0 aliphatic carbocycles. The van der Waals surface area contributed by atoms with Crippen molar-refractivity contribution < 1.29 is 9.59 Å². The van der Waals surface area contributed by atoms with Gasteiger partial charge in [-0.1, -0.05) is 56.1 Å². The lowest BCUT2D eigenvalue weighted by Gasteiger charge is -2.23. The molecular weight excluding hydrogens is 390 g/mol. The van der Waals surface area contributed by atoms with Gasteiger partial charge in [-0.15, -0.1) is 0 Å². The lowest BCUT2D eigenvalue weighted by molar-refractivity contribution is -0.130. The fourth-order valence-corrected chi connectivity index (χ4v) is 2.94. The number of hydrogen-bond acceptors (Lipinski definition) is 5. The molecule has 0 bridgehead atoms. The van der Waals surface area contributed by atoms with Gasteiger partial charge in [0.15, 0.2) is 0 Å². The standard InChI is InChI=1S/C21H28ClN5O2/c1-3-13(2)19(24)21(29)27-17(10-15-6-4-5-7-16(15)22)20(28)26-12-14-8-9-18(23)25-11-14/h4-9,11,13,17,19H,3,10,12,24H2,1-2H3,(H2,23,25)(H,26,28)(H,27,29)/t13?,17-,19+/m1/s1. The first kappa shape index (κ1) is 22.6. The average Bonchev–Trinajstić information content (AvgIpc) is 2.72. The Labute approximate surface area is 176 Å². The SMILES string of the molecule is CCC(C)[C@H](N)C(=O)N[C@H](Cc1ccccc1Cl)C(=O)NCc1ccc(N)nc1. The number of carbonyl (C=O) groups excluding carboxylic acids is 2. The first-order valence-corrected chi connectivity index (χ1v) is 9.97. The fourth-order valence-electron chi connectivity index (χ4n) is 2.73. The number of benzene rings is 1. The van der Waals surface area contributed by atoms with Crippen LogP contribution in [0.4, 0.5) is 5.82 Å². The first-order valence-electron chi connectivity index (χ1n) is 9.59. The molecule has 1 heterocycles. The number of nitrogens with two attached hydrogens (primary N) is 2. The van der Waals surface area contributed by atoms with Crippen molar-refractivity contribution in [3.63, 3.8) is 0 Å². The topological polar surface area (TPSA) is 123 Å². The second-order valence-corrected chi connectivity index (χ2v) is 7.48. The second kappa shape index (κ2) is 10.8. The van der Waals surface area contributed by atoms with Crippen molar-refractivity contribution in [2.45, 2.75) is 45.3 Å². The number of hydrogen-bond donors (Lipinski definition) is 4. The summed E-state index contributed by atoms with van der Waals surface area (Å²) in [6, 6.07) is 9.17. The number of anilines is 1. The summed E-state index contributed by atoms with van der Waals surface area (Å²) in [5.41, 5.74) is 13.2. The molecule has 0 saturated heterocycles. The molecule has 0 radical (unpaired) electrons. The minimum Gasteiger partial charge on any atom is -0.384 e. The van der Waals surface area contributed by atoms with Gasteiger partial charge in [-0.05, 0) is 29.2 Å². The Morgan fingerprint density at radius 1 is 1.17 bits per heavy atom. The number of nitrogens with one attached hydrogen (secondary N) is 2. The van der Waals surface area contributed by atoms with Gasteiger partial charge in [0.1, 0.15) is 11.9 Å². The quantitative estimate of drug-likeness (QED) is 0.497. The van der Waals surface area contributed by atoms with Crippen molar-refractivity contribution >= 4 is 29.2 Å². The summed E-state index contributed by atoms with van der Waals surface area (Å²) in [5.74, 6) is -0.282. The van der Waals surface area contributed by atoms with E-state index in [-0.39, 0.29) is 30.7 Å². The molecule has 6 N–H and O–H groups in total. The van der Waals surface area contributed by atoms with E-state index in [1.54, 1.807) is 24.4 Å². The van der Waals surface area contributed by atoms with Crippen molar-refractivity contribution in [1.82, 2.24) is 15.6 Å². The normalized spacial score (nSPS) is 13.9. The maximum Gasteiger partial charge on any atom is 0.243 e. The zero-order valence-corrected chi connectivity index (χ0v) is 17.4. The van der Waals surface area contributed by atoms with Gasteiger partial charge in [0.05, 0.1) is 6.04 Å². The van der Waals surface area contributed by atoms with Crippen LogP contribution in [0.2, 0.25) is 5.02 Å². The Hall–Kier alpha value is -2.64. The van der Waals surface area contributed by atoms with Crippen LogP contribution in [0.15, 0.2) is 42.6 Å². The summed E-state index contributed by atoms with van der Waals surface area (Å²) in [4.78, 5) is 29.4. The largest absolute Gasteiger partial charge is 0.384 e. The van der Waals surface area contributed by atoms with Crippen LogP contribution in [-0.2, 0) is 22.6 Å². The van der Waals surface area contributed by atoms with E-state index in [2.05, 4.69) is 15.6 Å². The molecule has 3 atom stereocenters. The summed E-state index contributed by atoms with van der Waals surface area (Å²) >= 11 is 6.24. The molecule has 0 fully saturated rings. The highest BCUT2D eigenvalue weighted by Crippen LogP contribution is 2.17. The van der Waals surface area contributed by atoms with Crippen molar-refractivity contribution in [1.29, 1.82) is 0 Å². The van der Waals surface area contributed by atoms with Crippen LogP contribution in [0.5, 0.6) is 0 Å². The highest BCUT2D eigenvalue weighted by Gasteiger charge is 2.26. The van der Waals surface area contributed by atoms with Gasteiger partial charge in [0.2, 0.25) is 11.8 Å². The Morgan fingerprint density at radius 3 is 2.52 bits per heavy atom. The number of carbonyl (C=O) groups is 2. The van der Waals surface area contributed by atoms with Crippen LogP contribution in [0.25, 0.3) is 0 Å². The maximum absolute atomic E-state index is 12.8. The molecule has 2 rings (SSSR count). The van der Waals surface area contributed by atoms with E-state index in [0.29, 0.717) is 10.8 Å². The monoisotopic (exact) mass is 417 g/mol. The highest BCUT2D eigenvalue weighted by molar-refractivity contribution is 6.31. The minimum atomic E-state index is -0.806. The van der Waals surface area contributed by atoms with Gasteiger partial charge in [0.25, 0.3) is 0 Å². The zero-order valence-electron chi connectivity index (χ0n) is 16.7. The molecule has 1 unspecified atom stereocenters. The maximum atomic E-state index is 12.8. The third kappa shape index (κ3) is 6.73. The van der Waals surface area contributed by atoms with E-state index in [9.17, 15) is 9.59 Å². The van der Waals surface area contributed by atoms with E-state index in [0.717, 1.165) is 17.5 Å². The molecular formula is C21H28ClN5O2. The summed E-state index contributed by atoms with van der Waals surface area (Å²) in [6.45, 7) is 4.13. The van der Waals surface area contributed by atoms with E-state index < -0.39 is 12.1 Å². The molecule has 7 nitrogen and oxygen atoms in total. The van der Waals surface area contributed by atoms with Gasteiger partial charge in [0, 0.05) is 24.2 Å². The predicted octanol–water partition coefficient (Wildman–Crippen LogP) is 2.03. The molecule has 2 aromatic rings. The lowest BCUT2D eigenvalue weighted by Crippen LogP contribution is -2.53. The van der Waals surface area contributed by atoms with Crippen molar-refractivity contribution in [3.8, 4) is 0 Å². The summed E-state index contributed by atoms with van der Waals surface area (Å²) in [7, 11) is 0. The Balaban J connectivity index is 2.11. The van der Waals surface area contributed by atoms with Crippen molar-refractivity contribution in [3.05, 3.63) is 58.7 Å². The average molecular weight is 418 g/mol. The third-order valence-corrected chi connectivity index (χ3v) is 5.26. The van der Waals surface area contributed by atoms with E-state index in [4.69, 9.17) is 23.1 Å². The minimum absolute atomic E-state index is 0.000115. The van der Waals surface area contributed by atoms with Gasteiger partial charge in [-0.2, -0.15) is 0 Å². The Kier molecular flexibility index (Phi) is 8.42. The van der Waals surface area contributed by atoms with Gasteiger partial charge in [-0.3, -0.25) is 9.59 Å². The molecule has 0 spiro atoms. The molecule has 156 valence electrons. The van der Waals surface area contributed by atoms with Crippen LogP contribution < -0.4 is 22.1 Å². The van der Waals surface area contributed by atoms with Gasteiger partial charge in [-0.25, -0.2) is 4.98 Å². The second-order valence-electron chi connectivity index (χ2n) is 7.08. The summed E-state index contributed by atoms with van der Waals surface area (Å²) < 4.78 is 0. The number of nitrogen functional groups attached to an aromatic ring is 1. The van der Waals surface area contributed by atoms with Gasteiger partial charge < -0.3 is 22.1 Å². The van der Waals surface area contributed by atoms with Crippen molar-refractivity contribution in [2.24, 2.45) is 11.7 Å². The molecule has 1 aromatic carbocycles. The number of amides is 2. The number of pyridine rings is 1. The van der Waals surface area contributed by atoms with Crippen LogP contribution in [0.3, 0.4) is 0 Å². The number of rotatable bonds is 9. The zero-order chi connectivity index (χ0) is 21.4. The highest BCUT2D eigenvalue weighted by atomic mass is 35.5. The number of halogens is 1. The summed E-state index contributed by atoms with van der Waals surface area (Å²) in [5, 5.41) is 6.15. The van der Waals surface area contributed by atoms with Crippen molar-refractivity contribution in [2.75, 3.05) is 5.73 Å². The number of nitrogens with zero attached hydrogens (tertiary/aromatic N) is 1. The third-order valence-electron chi connectivity index (χ3n) is 4.89. The molecule has 2 amide bonds. The Bertz CT molecular complexity index is 828. The van der Waals surface area contributed by atoms with Crippen LogP contribution in [0.1, 0.15) is 31.4 Å². The summed E-state index contributed by atoms with van der Waals surface area (Å²) in [6.07, 6.45) is 2.61. The van der Waals surface area contributed by atoms with Crippen LogP contribution >= 0.6 is 11.6 Å².